The minimum absolute atomic E-state index is 0.00573. The van der Waals surface area contributed by atoms with Gasteiger partial charge in [0.05, 0.1) is 13.0 Å². The van der Waals surface area contributed by atoms with E-state index in [0.29, 0.717) is 17.9 Å². The Morgan fingerprint density at radius 3 is 2.66 bits per heavy atom. The lowest BCUT2D eigenvalue weighted by atomic mass is 9.91. The normalized spacial score (nSPS) is 12.0. The van der Waals surface area contributed by atoms with Crippen molar-refractivity contribution in [2.24, 2.45) is 0 Å². The molecule has 0 bridgehead atoms. The smallest absolute Gasteiger partial charge is 0.227 e. The molecule has 1 atom stereocenters. The van der Waals surface area contributed by atoms with Crippen molar-refractivity contribution in [3.63, 3.8) is 0 Å². The molecule has 3 N–H and O–H groups in total. The van der Waals surface area contributed by atoms with E-state index in [0.717, 1.165) is 13.0 Å². The van der Waals surface area contributed by atoms with Gasteiger partial charge in [-0.15, -0.1) is 0 Å². The second-order valence-electron chi connectivity index (χ2n) is 7.13. The fourth-order valence-electron chi connectivity index (χ4n) is 3.02. The number of nitrogens with one attached hydrogen (secondary N) is 1. The number of benzene rings is 1. The predicted octanol–water partition coefficient (Wildman–Crippen LogP) is 1.96. The molecular weight excluding hydrogens is 376 g/mol. The van der Waals surface area contributed by atoms with Gasteiger partial charge in [-0.2, -0.15) is 0 Å². The third kappa shape index (κ3) is 5.99. The Kier molecular flexibility index (Phi) is 7.67. The van der Waals surface area contributed by atoms with Crippen LogP contribution in [-0.4, -0.2) is 55.3 Å². The first-order valence-corrected chi connectivity index (χ1v) is 9.34. The second kappa shape index (κ2) is 9.97. The van der Waals surface area contributed by atoms with Gasteiger partial charge in [-0.05, 0) is 51.7 Å². The largest absolute Gasteiger partial charge is 0.504 e. The van der Waals surface area contributed by atoms with Gasteiger partial charge in [0.25, 0.3) is 0 Å². The third-order valence-corrected chi connectivity index (χ3v) is 4.49. The lowest BCUT2D eigenvalue weighted by molar-refractivity contribution is -0.121. The highest BCUT2D eigenvalue weighted by Crippen LogP contribution is 2.37. The first-order chi connectivity index (χ1) is 13.7. The van der Waals surface area contributed by atoms with Gasteiger partial charge in [0.1, 0.15) is 5.76 Å². The van der Waals surface area contributed by atoms with Crippen LogP contribution in [0.1, 0.15) is 35.8 Å². The first-order valence-electron chi connectivity index (χ1n) is 9.34. The van der Waals surface area contributed by atoms with Crippen LogP contribution in [0.5, 0.6) is 17.2 Å². The molecule has 8 heteroatoms. The van der Waals surface area contributed by atoms with Crippen molar-refractivity contribution >= 4 is 5.91 Å². The van der Waals surface area contributed by atoms with E-state index in [2.05, 4.69) is 5.32 Å². The molecule has 0 aliphatic rings. The van der Waals surface area contributed by atoms with Crippen LogP contribution in [0.3, 0.4) is 0 Å². The molecule has 2 aromatic rings. The summed E-state index contributed by atoms with van der Waals surface area (Å²) in [6.45, 7) is 2.94. The summed E-state index contributed by atoms with van der Waals surface area (Å²) in [6, 6.07) is 5.78. The highest BCUT2D eigenvalue weighted by Gasteiger charge is 2.26. The summed E-state index contributed by atoms with van der Waals surface area (Å²) in [5.74, 6) is -1.02. The van der Waals surface area contributed by atoms with Gasteiger partial charge in [0.15, 0.2) is 17.3 Å². The number of hydrogen-bond acceptors (Lipinski definition) is 7. The molecule has 158 valence electrons. The Balaban J connectivity index is 2.34. The van der Waals surface area contributed by atoms with Gasteiger partial charge < -0.3 is 29.6 Å². The summed E-state index contributed by atoms with van der Waals surface area (Å²) in [6.07, 6.45) is 0.747. The number of phenolic OH excluding ortho intramolecular Hbond substituents is 1. The van der Waals surface area contributed by atoms with Gasteiger partial charge in [-0.1, -0.05) is 6.07 Å². The zero-order valence-corrected chi connectivity index (χ0v) is 17.2. The van der Waals surface area contributed by atoms with Crippen LogP contribution < -0.4 is 15.5 Å². The number of rotatable bonds is 9. The van der Waals surface area contributed by atoms with Crippen LogP contribution >= 0.6 is 0 Å². The molecule has 0 saturated carbocycles. The molecule has 8 nitrogen and oxygen atoms in total. The summed E-state index contributed by atoms with van der Waals surface area (Å²) in [7, 11) is 5.33. The van der Waals surface area contributed by atoms with Crippen molar-refractivity contribution in [2.75, 3.05) is 34.3 Å². The number of aryl methyl sites for hydroxylation is 1. The van der Waals surface area contributed by atoms with Crippen LogP contribution in [0.4, 0.5) is 0 Å². The molecule has 1 aromatic carbocycles. The molecule has 0 saturated heterocycles. The van der Waals surface area contributed by atoms with E-state index in [9.17, 15) is 19.8 Å². The standard InChI is InChI=1S/C21H28N2O6/c1-13-10-17(25)20(27)21(29-13)15(12-19(26)22-8-5-9-23(2)3)14-6-7-16(24)18(11-14)28-4/h6-7,10-11,15,24,27H,5,8-9,12H2,1-4H3,(H,22,26)/t15-/m0/s1. The molecule has 0 spiro atoms. The van der Waals surface area contributed by atoms with Gasteiger partial charge in [0.2, 0.25) is 17.1 Å². The SMILES string of the molecule is COc1cc([C@H](CC(=O)NCCCN(C)C)c2oc(C)cc(=O)c2O)ccc1O. The highest BCUT2D eigenvalue weighted by atomic mass is 16.5. The second-order valence-corrected chi connectivity index (χ2v) is 7.13. The third-order valence-electron chi connectivity index (χ3n) is 4.49. The molecule has 0 aliphatic carbocycles. The molecular formula is C21H28N2O6. The van der Waals surface area contributed by atoms with E-state index < -0.39 is 17.1 Å². The van der Waals surface area contributed by atoms with Crippen LogP contribution in [0.2, 0.25) is 0 Å². The summed E-state index contributed by atoms with van der Waals surface area (Å²) < 4.78 is 10.8. The maximum absolute atomic E-state index is 12.5. The van der Waals surface area contributed by atoms with Crippen molar-refractivity contribution in [1.29, 1.82) is 0 Å². The zero-order chi connectivity index (χ0) is 21.6. The fraction of sp³-hybridized carbons (Fsp3) is 0.429. The maximum atomic E-state index is 12.5. The molecule has 1 amide bonds. The summed E-state index contributed by atoms with van der Waals surface area (Å²) >= 11 is 0. The van der Waals surface area contributed by atoms with Crippen LogP contribution in [-0.2, 0) is 4.79 Å². The van der Waals surface area contributed by atoms with E-state index in [1.54, 1.807) is 19.1 Å². The Morgan fingerprint density at radius 1 is 1.28 bits per heavy atom. The summed E-state index contributed by atoms with van der Waals surface area (Å²) in [5, 5.41) is 23.0. The Hall–Kier alpha value is -3.00. The molecule has 1 heterocycles. The number of nitrogens with zero attached hydrogens (tertiary/aromatic N) is 1. The van der Waals surface area contributed by atoms with E-state index in [1.165, 1.54) is 19.2 Å². The maximum Gasteiger partial charge on any atom is 0.227 e. The Labute approximate surface area is 169 Å². The molecule has 0 radical (unpaired) electrons. The molecule has 29 heavy (non-hydrogen) atoms. The number of aromatic hydroxyl groups is 2. The first kappa shape index (κ1) is 22.3. The molecule has 0 unspecified atom stereocenters. The van der Waals surface area contributed by atoms with Crippen molar-refractivity contribution in [2.45, 2.75) is 25.7 Å². The predicted molar refractivity (Wildman–Crippen MR) is 109 cm³/mol. The molecule has 0 aliphatic heterocycles. The topological polar surface area (TPSA) is 112 Å². The van der Waals surface area contributed by atoms with E-state index >= 15 is 0 Å². The number of carbonyl (C=O) groups is 1. The Bertz CT molecular complexity index is 907. The highest BCUT2D eigenvalue weighted by molar-refractivity contribution is 5.77. The monoisotopic (exact) mass is 404 g/mol. The van der Waals surface area contributed by atoms with Crippen LogP contribution in [0.15, 0.2) is 33.5 Å². The van der Waals surface area contributed by atoms with E-state index in [4.69, 9.17) is 9.15 Å². The number of carbonyl (C=O) groups excluding carboxylic acids is 1. The lowest BCUT2D eigenvalue weighted by Crippen LogP contribution is -2.28. The van der Waals surface area contributed by atoms with Crippen molar-refractivity contribution in [3.8, 4) is 17.2 Å². The lowest BCUT2D eigenvalue weighted by Gasteiger charge is -2.19. The summed E-state index contributed by atoms with van der Waals surface area (Å²) in [5.41, 5.74) is -0.0157. The van der Waals surface area contributed by atoms with Crippen molar-refractivity contribution in [1.82, 2.24) is 10.2 Å². The number of methoxy groups -OCH3 is 1. The van der Waals surface area contributed by atoms with Crippen molar-refractivity contribution in [3.05, 3.63) is 51.6 Å². The van der Waals surface area contributed by atoms with Gasteiger partial charge in [-0.3, -0.25) is 9.59 Å². The zero-order valence-electron chi connectivity index (χ0n) is 17.2. The fourth-order valence-corrected chi connectivity index (χ4v) is 3.02. The van der Waals surface area contributed by atoms with Gasteiger partial charge in [0, 0.05) is 19.0 Å². The summed E-state index contributed by atoms with van der Waals surface area (Å²) in [4.78, 5) is 26.6. The molecule has 2 rings (SSSR count). The number of amides is 1. The minimum atomic E-state index is -0.731. The van der Waals surface area contributed by atoms with Gasteiger partial charge in [-0.25, -0.2) is 0 Å². The van der Waals surface area contributed by atoms with E-state index in [1.807, 2.05) is 19.0 Å². The van der Waals surface area contributed by atoms with Crippen molar-refractivity contribution < 1.29 is 24.2 Å². The molecule has 1 aromatic heterocycles. The average molecular weight is 404 g/mol. The van der Waals surface area contributed by atoms with Gasteiger partial charge >= 0.3 is 0 Å². The number of hydrogen-bond donors (Lipinski definition) is 3. The van der Waals surface area contributed by atoms with E-state index in [-0.39, 0.29) is 29.6 Å². The molecule has 0 fully saturated rings. The van der Waals surface area contributed by atoms with Crippen LogP contribution in [0, 0.1) is 6.92 Å². The number of ether oxygens (including phenoxy) is 1. The minimum Gasteiger partial charge on any atom is -0.504 e. The van der Waals surface area contributed by atoms with Crippen LogP contribution in [0.25, 0.3) is 0 Å². The average Bonchev–Trinajstić information content (AvgIpc) is 2.66. The quantitative estimate of drug-likeness (QED) is 0.548. The number of phenols is 1. The Morgan fingerprint density at radius 2 is 2.00 bits per heavy atom.